The lowest BCUT2D eigenvalue weighted by Crippen LogP contribution is -2.61. The number of urea groups is 1. The SMILES string of the molecule is CC1C(CN2CCN(c3ccc([N+](=O)[O-])cc3)CC2)OC(c2cccc(-c3cccc(CNC(=O)NC45CC6CC(CC(C6)C4)C5)c3)c2)OC1c1ccc(CO)cc1. The summed E-state index contributed by atoms with van der Waals surface area (Å²) in [5, 5.41) is 27.5. The van der Waals surface area contributed by atoms with Crippen LogP contribution >= 0.6 is 0 Å². The summed E-state index contributed by atoms with van der Waals surface area (Å²) in [6.07, 6.45) is 6.51. The van der Waals surface area contributed by atoms with Gasteiger partial charge in [-0.05, 0) is 108 Å². The molecule has 11 nitrogen and oxygen atoms in total. The van der Waals surface area contributed by atoms with Gasteiger partial charge in [0, 0.05) is 74.1 Å². The maximum absolute atomic E-state index is 13.2. The lowest BCUT2D eigenvalue weighted by molar-refractivity contribution is -0.384. The van der Waals surface area contributed by atoms with E-state index in [1.54, 1.807) is 12.1 Å². The highest BCUT2D eigenvalue weighted by atomic mass is 16.7. The Morgan fingerprint density at radius 3 is 2.12 bits per heavy atom. The Balaban J connectivity index is 0.876. The van der Waals surface area contributed by atoms with Crippen LogP contribution in [-0.4, -0.2) is 65.3 Å². The number of non-ortho nitro benzene ring substituents is 1. The number of benzene rings is 4. The van der Waals surface area contributed by atoms with Crippen LogP contribution in [0.25, 0.3) is 11.1 Å². The molecule has 6 fully saturated rings. The van der Waals surface area contributed by atoms with Crippen LogP contribution in [0.2, 0.25) is 0 Å². The minimum atomic E-state index is -0.594. The number of hydrogen-bond acceptors (Lipinski definition) is 8. The van der Waals surface area contributed by atoms with Crippen LogP contribution in [0.4, 0.5) is 16.2 Å². The minimum absolute atomic E-state index is 0.0132. The van der Waals surface area contributed by atoms with Gasteiger partial charge in [0.25, 0.3) is 5.69 Å². The van der Waals surface area contributed by atoms with Gasteiger partial charge in [-0.15, -0.1) is 0 Å². The number of aliphatic hydroxyl groups excluding tert-OH is 1. The standard InChI is InChI=1S/C47H55N5O6/c1-31-43(29-50-16-18-51(19-17-50)41-12-14-42(15-13-41)52(55)56)57-45(58-44(31)37-10-8-32(30-53)9-11-37)40-7-3-6-39(24-40)38-5-2-4-33(23-38)28-48-46(54)49-47-25-34-20-35(26-47)22-36(21-34)27-47/h2-15,23-24,31,34-36,43-45,53H,16-22,25-30H2,1H3,(H2,48,49,54). The van der Waals surface area contributed by atoms with Crippen molar-refractivity contribution in [3.8, 4) is 11.1 Å². The fourth-order valence-corrected chi connectivity index (χ4v) is 11.0. The molecule has 4 atom stereocenters. The molecule has 304 valence electrons. The van der Waals surface area contributed by atoms with Gasteiger partial charge in [0.1, 0.15) is 0 Å². The van der Waals surface area contributed by atoms with Gasteiger partial charge in [0.2, 0.25) is 0 Å². The molecule has 0 aromatic heterocycles. The fourth-order valence-electron chi connectivity index (χ4n) is 11.0. The first-order chi connectivity index (χ1) is 28.2. The summed E-state index contributed by atoms with van der Waals surface area (Å²) in [6, 6.07) is 31.5. The van der Waals surface area contributed by atoms with Gasteiger partial charge >= 0.3 is 6.03 Å². The van der Waals surface area contributed by atoms with Crippen molar-refractivity contribution in [3.05, 3.63) is 129 Å². The molecule has 10 rings (SSSR count). The third-order valence-electron chi connectivity index (χ3n) is 13.6. The molecule has 4 bridgehead atoms. The second-order valence-electron chi connectivity index (χ2n) is 17.7. The normalized spacial score (nSPS) is 29.3. The Kier molecular flexibility index (Phi) is 11.0. The molecule has 2 aliphatic heterocycles. The van der Waals surface area contributed by atoms with Crippen molar-refractivity contribution in [2.24, 2.45) is 23.7 Å². The number of ether oxygens (including phenoxy) is 2. The van der Waals surface area contributed by atoms with Gasteiger partial charge in [-0.2, -0.15) is 0 Å². The van der Waals surface area contributed by atoms with E-state index in [1.807, 2.05) is 24.3 Å². The number of nitrogens with one attached hydrogen (secondary N) is 2. The molecule has 58 heavy (non-hydrogen) atoms. The van der Waals surface area contributed by atoms with Crippen LogP contribution in [0, 0.1) is 33.8 Å². The Bertz CT molecular complexity index is 2050. The lowest BCUT2D eigenvalue weighted by Gasteiger charge is -2.56. The zero-order chi connectivity index (χ0) is 39.8. The van der Waals surface area contributed by atoms with E-state index in [9.17, 15) is 20.0 Å². The lowest BCUT2D eigenvalue weighted by atomic mass is 9.53. The van der Waals surface area contributed by atoms with Gasteiger partial charge in [0.15, 0.2) is 6.29 Å². The highest BCUT2D eigenvalue weighted by molar-refractivity contribution is 5.75. The van der Waals surface area contributed by atoms with Gasteiger partial charge in [0.05, 0.1) is 23.7 Å². The molecular formula is C47H55N5O6. The summed E-state index contributed by atoms with van der Waals surface area (Å²) < 4.78 is 13.7. The number of nitro benzene ring substituents is 1. The van der Waals surface area contributed by atoms with Crippen molar-refractivity contribution in [1.82, 2.24) is 15.5 Å². The summed E-state index contributed by atoms with van der Waals surface area (Å²) in [7, 11) is 0. The van der Waals surface area contributed by atoms with Crippen LogP contribution in [0.5, 0.6) is 0 Å². The topological polar surface area (TPSA) is 129 Å². The second kappa shape index (κ2) is 16.4. The first-order valence-electron chi connectivity index (χ1n) is 21.2. The number of anilines is 1. The van der Waals surface area contributed by atoms with E-state index in [2.05, 4.69) is 88.0 Å². The number of piperazine rings is 1. The molecule has 4 unspecified atom stereocenters. The van der Waals surface area contributed by atoms with E-state index in [0.717, 1.165) is 109 Å². The maximum atomic E-state index is 13.2. The van der Waals surface area contributed by atoms with Crippen LogP contribution in [-0.2, 0) is 22.6 Å². The first-order valence-corrected chi connectivity index (χ1v) is 21.2. The van der Waals surface area contributed by atoms with Crippen molar-refractivity contribution in [2.45, 2.75) is 82.6 Å². The molecule has 4 aliphatic carbocycles. The highest BCUT2D eigenvalue weighted by Gasteiger charge is 2.51. The number of rotatable bonds is 11. The number of nitrogens with zero attached hydrogens (tertiary/aromatic N) is 3. The Hall–Kier alpha value is -4.81. The minimum Gasteiger partial charge on any atom is -0.392 e. The molecule has 3 N–H and O–H groups in total. The van der Waals surface area contributed by atoms with Crippen LogP contribution < -0.4 is 15.5 Å². The molecule has 0 spiro atoms. The Labute approximate surface area is 340 Å². The summed E-state index contributed by atoms with van der Waals surface area (Å²) in [4.78, 5) is 28.7. The van der Waals surface area contributed by atoms with E-state index in [1.165, 1.54) is 19.3 Å². The van der Waals surface area contributed by atoms with E-state index in [4.69, 9.17) is 9.47 Å². The monoisotopic (exact) mass is 785 g/mol. The summed E-state index contributed by atoms with van der Waals surface area (Å²) >= 11 is 0. The van der Waals surface area contributed by atoms with Crippen LogP contribution in [0.1, 0.15) is 80.1 Å². The van der Waals surface area contributed by atoms with Crippen molar-refractivity contribution in [3.63, 3.8) is 0 Å². The van der Waals surface area contributed by atoms with Crippen LogP contribution in [0.3, 0.4) is 0 Å². The number of aliphatic hydroxyl groups is 1. The van der Waals surface area contributed by atoms with Crippen LogP contribution in [0.15, 0.2) is 97.1 Å². The molecule has 4 aromatic carbocycles. The molecule has 2 saturated heterocycles. The average Bonchev–Trinajstić information content (AvgIpc) is 3.23. The predicted molar refractivity (Wildman–Crippen MR) is 223 cm³/mol. The molecule has 2 heterocycles. The molecule has 11 heteroatoms. The summed E-state index contributed by atoms with van der Waals surface area (Å²) in [6.45, 7) is 6.69. The van der Waals surface area contributed by atoms with Crippen molar-refractivity contribution in [1.29, 1.82) is 0 Å². The largest absolute Gasteiger partial charge is 0.392 e. The number of hydrogen-bond donors (Lipinski definition) is 3. The number of nitro groups is 1. The van der Waals surface area contributed by atoms with Gasteiger partial charge < -0.3 is 30.1 Å². The van der Waals surface area contributed by atoms with E-state index < -0.39 is 6.29 Å². The molecule has 0 radical (unpaired) electrons. The molecule has 6 aliphatic rings. The van der Waals surface area contributed by atoms with E-state index >= 15 is 0 Å². The first kappa shape index (κ1) is 38.7. The molecule has 2 amide bonds. The quantitative estimate of drug-likeness (QED) is 0.103. The highest BCUT2D eigenvalue weighted by Crippen LogP contribution is 2.55. The zero-order valence-electron chi connectivity index (χ0n) is 33.3. The molecule has 4 aromatic rings. The smallest absolute Gasteiger partial charge is 0.315 e. The summed E-state index contributed by atoms with van der Waals surface area (Å²) in [5.41, 5.74) is 7.07. The third kappa shape index (κ3) is 8.36. The average molecular weight is 786 g/mol. The third-order valence-corrected chi connectivity index (χ3v) is 13.6. The Morgan fingerprint density at radius 2 is 1.47 bits per heavy atom. The second-order valence-corrected chi connectivity index (χ2v) is 17.7. The number of amides is 2. The number of carbonyl (C=O) groups excluding carboxylic acids is 1. The summed E-state index contributed by atoms with van der Waals surface area (Å²) in [5.74, 6) is 2.39. The van der Waals surface area contributed by atoms with Gasteiger partial charge in [-0.25, -0.2) is 4.79 Å². The fraction of sp³-hybridized carbons (Fsp3) is 0.468. The van der Waals surface area contributed by atoms with Crippen molar-refractivity contribution in [2.75, 3.05) is 37.6 Å². The maximum Gasteiger partial charge on any atom is 0.315 e. The van der Waals surface area contributed by atoms with Crippen molar-refractivity contribution < 1.29 is 24.3 Å². The van der Waals surface area contributed by atoms with E-state index in [0.29, 0.717) is 6.54 Å². The van der Waals surface area contributed by atoms with Gasteiger partial charge in [-0.1, -0.05) is 67.6 Å². The zero-order valence-corrected chi connectivity index (χ0v) is 33.3. The predicted octanol–water partition coefficient (Wildman–Crippen LogP) is 8.14. The van der Waals surface area contributed by atoms with Crippen molar-refractivity contribution >= 4 is 17.4 Å². The van der Waals surface area contributed by atoms with Gasteiger partial charge in [-0.3, -0.25) is 15.0 Å². The van der Waals surface area contributed by atoms with E-state index in [-0.39, 0.29) is 46.9 Å². The molecular weight excluding hydrogens is 731 g/mol. The molecule has 4 saturated carbocycles. The number of carbonyl (C=O) groups is 1. The Morgan fingerprint density at radius 1 is 0.810 bits per heavy atom.